The second-order valence-electron chi connectivity index (χ2n) is 6.06. The number of nitrogens with one attached hydrogen (secondary N) is 1. The molecule has 1 unspecified atom stereocenters. The van der Waals surface area contributed by atoms with E-state index >= 15 is 0 Å². The lowest BCUT2D eigenvalue weighted by atomic mass is 9.78. The summed E-state index contributed by atoms with van der Waals surface area (Å²) in [5, 5.41) is 4.39. The van der Waals surface area contributed by atoms with Gasteiger partial charge in [0.05, 0.1) is 10.6 Å². The van der Waals surface area contributed by atoms with Gasteiger partial charge in [-0.1, -0.05) is 30.9 Å². The van der Waals surface area contributed by atoms with Gasteiger partial charge in [0, 0.05) is 22.8 Å². The Labute approximate surface area is 134 Å². The molecule has 1 aliphatic heterocycles. The second kappa shape index (κ2) is 6.25. The predicted octanol–water partition coefficient (Wildman–Crippen LogP) is 5.40. The van der Waals surface area contributed by atoms with Gasteiger partial charge in [0.25, 0.3) is 0 Å². The van der Waals surface area contributed by atoms with Crippen LogP contribution in [-0.4, -0.2) is 18.2 Å². The molecule has 1 atom stereocenters. The van der Waals surface area contributed by atoms with Gasteiger partial charge in [-0.15, -0.1) is 0 Å². The van der Waals surface area contributed by atoms with Crippen LogP contribution in [0.15, 0.2) is 22.7 Å². The number of hydrogen-bond acceptors (Lipinski definition) is 2. The third kappa shape index (κ3) is 3.32. The highest BCUT2D eigenvalue weighted by Crippen LogP contribution is 2.39. The molecule has 20 heavy (non-hydrogen) atoms. The molecule has 2 fully saturated rings. The zero-order valence-electron chi connectivity index (χ0n) is 11.6. The van der Waals surface area contributed by atoms with Crippen molar-refractivity contribution in [1.29, 1.82) is 0 Å². The maximum absolute atomic E-state index is 6.16. The Bertz CT molecular complexity index is 468. The molecular formula is C16H21BrClNO. The molecule has 1 aromatic carbocycles. The summed E-state index contributed by atoms with van der Waals surface area (Å²) in [6, 6.07) is 6.58. The van der Waals surface area contributed by atoms with Crippen LogP contribution in [0, 0.1) is 0 Å². The predicted molar refractivity (Wildman–Crippen MR) is 87.6 cm³/mol. The Morgan fingerprint density at radius 1 is 1.25 bits per heavy atom. The van der Waals surface area contributed by atoms with Gasteiger partial charge >= 0.3 is 0 Å². The van der Waals surface area contributed by atoms with E-state index in [2.05, 4.69) is 27.3 Å². The molecule has 0 radical (unpaired) electrons. The Balaban J connectivity index is 1.66. The summed E-state index contributed by atoms with van der Waals surface area (Å²) < 4.78 is 7.09. The first kappa shape index (κ1) is 14.7. The number of rotatable bonds is 2. The summed E-state index contributed by atoms with van der Waals surface area (Å²) in [6.45, 7) is 0.877. The van der Waals surface area contributed by atoms with E-state index in [1.807, 2.05) is 12.1 Å². The van der Waals surface area contributed by atoms with Crippen LogP contribution in [0.2, 0.25) is 5.02 Å². The molecule has 0 amide bonds. The van der Waals surface area contributed by atoms with Crippen LogP contribution >= 0.6 is 27.5 Å². The lowest BCUT2D eigenvalue weighted by Crippen LogP contribution is -2.45. The number of anilines is 1. The highest BCUT2D eigenvalue weighted by Gasteiger charge is 2.38. The van der Waals surface area contributed by atoms with Crippen LogP contribution in [0.1, 0.15) is 44.9 Å². The first-order valence-corrected chi connectivity index (χ1v) is 8.70. The minimum atomic E-state index is 0.146. The van der Waals surface area contributed by atoms with E-state index in [1.165, 1.54) is 32.1 Å². The van der Waals surface area contributed by atoms with Crippen LogP contribution in [-0.2, 0) is 4.74 Å². The minimum Gasteiger partial charge on any atom is -0.382 e. The van der Waals surface area contributed by atoms with Gasteiger partial charge in [0.1, 0.15) is 0 Å². The summed E-state index contributed by atoms with van der Waals surface area (Å²) in [5.41, 5.74) is 1.25. The van der Waals surface area contributed by atoms with Gasteiger partial charge in [-0.25, -0.2) is 0 Å². The van der Waals surface area contributed by atoms with Crippen molar-refractivity contribution in [3.05, 3.63) is 27.7 Å². The van der Waals surface area contributed by atoms with Gasteiger partial charge < -0.3 is 10.1 Å². The lowest BCUT2D eigenvalue weighted by Gasteiger charge is -2.44. The topological polar surface area (TPSA) is 21.3 Å². The average molecular weight is 359 g/mol. The van der Waals surface area contributed by atoms with E-state index in [4.69, 9.17) is 16.3 Å². The highest BCUT2D eigenvalue weighted by atomic mass is 79.9. The van der Waals surface area contributed by atoms with Crippen LogP contribution in [0.25, 0.3) is 0 Å². The maximum atomic E-state index is 6.16. The average Bonchev–Trinajstić information content (AvgIpc) is 2.44. The van der Waals surface area contributed by atoms with Gasteiger partial charge in [0.2, 0.25) is 0 Å². The van der Waals surface area contributed by atoms with Crippen molar-refractivity contribution in [3.63, 3.8) is 0 Å². The van der Waals surface area contributed by atoms with Crippen molar-refractivity contribution in [3.8, 4) is 0 Å². The molecule has 1 heterocycles. The molecule has 0 aromatic heterocycles. The third-order valence-electron chi connectivity index (χ3n) is 4.55. The smallest absolute Gasteiger partial charge is 0.0702 e. The van der Waals surface area contributed by atoms with Crippen molar-refractivity contribution in [2.24, 2.45) is 0 Å². The molecule has 4 heteroatoms. The zero-order valence-corrected chi connectivity index (χ0v) is 14.0. The quantitative estimate of drug-likeness (QED) is 0.764. The van der Waals surface area contributed by atoms with E-state index in [9.17, 15) is 0 Å². The van der Waals surface area contributed by atoms with Gasteiger partial charge in [-0.2, -0.15) is 0 Å². The molecule has 1 aromatic rings. The standard InChI is InChI=1S/C16H21BrClNO/c17-14-5-4-12(10-15(14)18)19-13-6-9-20-16(11-13)7-2-1-3-8-16/h4-5,10,13,19H,1-3,6-9,11H2. The molecule has 1 aliphatic carbocycles. The fourth-order valence-corrected chi connectivity index (χ4v) is 3.94. The Morgan fingerprint density at radius 3 is 2.80 bits per heavy atom. The van der Waals surface area contributed by atoms with Crippen LogP contribution in [0.4, 0.5) is 5.69 Å². The normalized spacial score (nSPS) is 25.6. The first-order chi connectivity index (χ1) is 9.67. The molecule has 0 bridgehead atoms. The largest absolute Gasteiger partial charge is 0.382 e. The molecule has 2 aliphatic rings. The van der Waals surface area contributed by atoms with Crippen LogP contribution in [0.3, 0.4) is 0 Å². The van der Waals surface area contributed by atoms with Crippen molar-refractivity contribution in [1.82, 2.24) is 0 Å². The van der Waals surface area contributed by atoms with Crippen LogP contribution < -0.4 is 5.32 Å². The van der Waals surface area contributed by atoms with E-state index in [1.54, 1.807) is 0 Å². The number of halogens is 2. The Morgan fingerprint density at radius 2 is 2.05 bits per heavy atom. The first-order valence-electron chi connectivity index (χ1n) is 7.52. The third-order valence-corrected chi connectivity index (χ3v) is 5.78. The Kier molecular flexibility index (Phi) is 4.58. The minimum absolute atomic E-state index is 0.146. The summed E-state index contributed by atoms with van der Waals surface area (Å²) in [5.74, 6) is 0. The van der Waals surface area contributed by atoms with Crippen molar-refractivity contribution in [2.45, 2.75) is 56.6 Å². The van der Waals surface area contributed by atoms with E-state index in [0.717, 1.165) is 34.6 Å². The molecule has 1 spiro atoms. The maximum Gasteiger partial charge on any atom is 0.0702 e. The van der Waals surface area contributed by atoms with E-state index < -0.39 is 0 Å². The molecule has 2 nitrogen and oxygen atoms in total. The number of hydrogen-bond donors (Lipinski definition) is 1. The number of benzene rings is 1. The molecule has 1 saturated heterocycles. The Hall–Kier alpha value is -0.250. The molecule has 3 rings (SSSR count). The summed E-state index contributed by atoms with van der Waals surface area (Å²) in [6.07, 6.45) is 8.66. The number of ether oxygens (including phenoxy) is 1. The summed E-state index contributed by atoms with van der Waals surface area (Å²) >= 11 is 9.59. The van der Waals surface area contributed by atoms with E-state index in [-0.39, 0.29) is 5.60 Å². The molecule has 1 saturated carbocycles. The summed E-state index contributed by atoms with van der Waals surface area (Å²) in [4.78, 5) is 0. The fourth-order valence-electron chi connectivity index (χ4n) is 3.52. The highest BCUT2D eigenvalue weighted by molar-refractivity contribution is 9.10. The van der Waals surface area contributed by atoms with Gasteiger partial charge in [0.15, 0.2) is 0 Å². The SMILES string of the molecule is Clc1cc(NC2CCOC3(CCCCC3)C2)ccc1Br. The van der Waals surface area contributed by atoms with E-state index in [0.29, 0.717) is 6.04 Å². The van der Waals surface area contributed by atoms with Crippen LogP contribution in [0.5, 0.6) is 0 Å². The summed E-state index contributed by atoms with van der Waals surface area (Å²) in [7, 11) is 0. The monoisotopic (exact) mass is 357 g/mol. The van der Waals surface area contributed by atoms with Crippen molar-refractivity contribution >= 4 is 33.2 Å². The van der Waals surface area contributed by atoms with Gasteiger partial charge in [-0.05, 0) is 59.8 Å². The zero-order chi connectivity index (χ0) is 14.0. The van der Waals surface area contributed by atoms with Gasteiger partial charge in [-0.3, -0.25) is 0 Å². The molecule has 110 valence electrons. The van der Waals surface area contributed by atoms with Crippen molar-refractivity contribution in [2.75, 3.05) is 11.9 Å². The molecular weight excluding hydrogens is 338 g/mol. The second-order valence-corrected chi connectivity index (χ2v) is 7.32. The lowest BCUT2D eigenvalue weighted by molar-refractivity contribution is -0.103. The fraction of sp³-hybridized carbons (Fsp3) is 0.625. The molecule has 1 N–H and O–H groups in total. The van der Waals surface area contributed by atoms with Crippen molar-refractivity contribution < 1.29 is 4.74 Å².